The zero-order valence-corrected chi connectivity index (χ0v) is 8.04. The lowest BCUT2D eigenvalue weighted by atomic mass is 10.3. The van der Waals surface area contributed by atoms with E-state index in [1.807, 2.05) is 6.92 Å². The van der Waals surface area contributed by atoms with Gasteiger partial charge in [0.05, 0.1) is 11.6 Å². The Morgan fingerprint density at radius 3 is 3.08 bits per heavy atom. The molecule has 3 nitrogen and oxygen atoms in total. The molecule has 4 heteroatoms. The summed E-state index contributed by atoms with van der Waals surface area (Å²) in [7, 11) is 0. The SMILES string of the molecule is CCCOC(=O)c1ncccc1Cl. The number of nitrogens with zero attached hydrogens (tertiary/aromatic N) is 1. The normalized spacial score (nSPS) is 9.69. The Labute approximate surface area is 81.7 Å². The van der Waals surface area contributed by atoms with Gasteiger partial charge in [0, 0.05) is 6.20 Å². The van der Waals surface area contributed by atoms with Crippen molar-refractivity contribution < 1.29 is 9.53 Å². The quantitative estimate of drug-likeness (QED) is 0.702. The van der Waals surface area contributed by atoms with E-state index in [4.69, 9.17) is 16.3 Å². The first kappa shape index (κ1) is 9.99. The van der Waals surface area contributed by atoms with Gasteiger partial charge in [-0.2, -0.15) is 0 Å². The van der Waals surface area contributed by atoms with E-state index in [0.717, 1.165) is 6.42 Å². The van der Waals surface area contributed by atoms with Crippen molar-refractivity contribution in [3.05, 3.63) is 29.0 Å². The van der Waals surface area contributed by atoms with Gasteiger partial charge in [0.25, 0.3) is 0 Å². The molecule has 1 aromatic heterocycles. The van der Waals surface area contributed by atoms with Gasteiger partial charge in [-0.3, -0.25) is 0 Å². The van der Waals surface area contributed by atoms with Crippen LogP contribution in [0.2, 0.25) is 5.02 Å². The summed E-state index contributed by atoms with van der Waals surface area (Å²) in [6.07, 6.45) is 2.30. The van der Waals surface area contributed by atoms with E-state index in [9.17, 15) is 4.79 Å². The van der Waals surface area contributed by atoms with Crippen molar-refractivity contribution >= 4 is 17.6 Å². The Morgan fingerprint density at radius 1 is 1.69 bits per heavy atom. The molecule has 70 valence electrons. The highest BCUT2D eigenvalue weighted by molar-refractivity contribution is 6.33. The summed E-state index contributed by atoms with van der Waals surface area (Å²) in [5, 5.41) is 0.323. The topological polar surface area (TPSA) is 39.2 Å². The fourth-order valence-corrected chi connectivity index (χ4v) is 0.998. The van der Waals surface area contributed by atoms with Crippen LogP contribution >= 0.6 is 11.6 Å². The molecule has 0 N–H and O–H groups in total. The molecule has 0 spiro atoms. The minimum Gasteiger partial charge on any atom is -0.461 e. The average molecular weight is 200 g/mol. The molecule has 0 saturated heterocycles. The van der Waals surface area contributed by atoms with Crippen molar-refractivity contribution in [1.29, 1.82) is 0 Å². The van der Waals surface area contributed by atoms with Gasteiger partial charge in [-0.15, -0.1) is 0 Å². The molecular weight excluding hydrogens is 190 g/mol. The number of ether oxygens (including phenoxy) is 1. The number of hydrogen-bond donors (Lipinski definition) is 0. The van der Waals surface area contributed by atoms with Crippen molar-refractivity contribution in [1.82, 2.24) is 4.98 Å². The van der Waals surface area contributed by atoms with Crippen LogP contribution in [0.25, 0.3) is 0 Å². The second-order valence-electron chi connectivity index (χ2n) is 2.47. The Morgan fingerprint density at radius 2 is 2.46 bits per heavy atom. The summed E-state index contributed by atoms with van der Waals surface area (Å²) >= 11 is 5.73. The van der Waals surface area contributed by atoms with E-state index in [1.165, 1.54) is 6.20 Å². The van der Waals surface area contributed by atoms with Crippen molar-refractivity contribution in [3.8, 4) is 0 Å². The summed E-state index contributed by atoms with van der Waals surface area (Å²) < 4.78 is 4.87. The first-order valence-corrected chi connectivity index (χ1v) is 4.41. The van der Waals surface area contributed by atoms with Crippen LogP contribution in [0.4, 0.5) is 0 Å². The zero-order valence-electron chi connectivity index (χ0n) is 7.29. The number of carbonyl (C=O) groups is 1. The van der Waals surface area contributed by atoms with E-state index in [2.05, 4.69) is 4.98 Å². The van der Waals surface area contributed by atoms with Crippen molar-refractivity contribution in [2.45, 2.75) is 13.3 Å². The second-order valence-corrected chi connectivity index (χ2v) is 2.88. The molecule has 0 aliphatic carbocycles. The third-order valence-electron chi connectivity index (χ3n) is 1.39. The van der Waals surface area contributed by atoms with Crippen LogP contribution in [0.5, 0.6) is 0 Å². The molecule has 1 heterocycles. The minimum absolute atomic E-state index is 0.178. The highest BCUT2D eigenvalue weighted by Crippen LogP contribution is 2.12. The zero-order chi connectivity index (χ0) is 9.68. The number of carbonyl (C=O) groups excluding carboxylic acids is 1. The molecule has 0 aliphatic heterocycles. The lowest BCUT2D eigenvalue weighted by molar-refractivity contribution is 0.0498. The first-order chi connectivity index (χ1) is 6.25. The summed E-state index contributed by atoms with van der Waals surface area (Å²) in [5.74, 6) is -0.465. The second kappa shape index (κ2) is 4.82. The van der Waals surface area contributed by atoms with Gasteiger partial charge >= 0.3 is 5.97 Å². The summed E-state index contributed by atoms with van der Waals surface area (Å²) in [4.78, 5) is 15.1. The van der Waals surface area contributed by atoms with E-state index >= 15 is 0 Å². The van der Waals surface area contributed by atoms with Crippen LogP contribution < -0.4 is 0 Å². The standard InChI is InChI=1S/C9H10ClNO2/c1-2-6-13-9(12)8-7(10)4-3-5-11-8/h3-5H,2,6H2,1H3. The molecule has 0 atom stereocenters. The summed E-state index contributed by atoms with van der Waals surface area (Å²) in [6, 6.07) is 3.27. The number of halogens is 1. The lowest BCUT2D eigenvalue weighted by Gasteiger charge is -2.02. The Kier molecular flexibility index (Phi) is 3.71. The number of pyridine rings is 1. The maximum atomic E-state index is 11.3. The van der Waals surface area contributed by atoms with Crippen LogP contribution in [0.3, 0.4) is 0 Å². The number of rotatable bonds is 3. The number of aromatic nitrogens is 1. The predicted octanol–water partition coefficient (Wildman–Crippen LogP) is 2.30. The molecule has 0 bridgehead atoms. The third kappa shape index (κ3) is 2.70. The monoisotopic (exact) mass is 199 g/mol. The largest absolute Gasteiger partial charge is 0.461 e. The Hall–Kier alpha value is -1.09. The van der Waals surface area contributed by atoms with Gasteiger partial charge in [0.1, 0.15) is 0 Å². The van der Waals surface area contributed by atoms with Gasteiger partial charge in [0.15, 0.2) is 5.69 Å². The molecule has 0 aromatic carbocycles. The van der Waals surface area contributed by atoms with Gasteiger partial charge in [-0.25, -0.2) is 9.78 Å². The molecule has 0 aliphatic rings. The van der Waals surface area contributed by atoms with Crippen LogP contribution in [0, 0.1) is 0 Å². The molecule has 0 saturated carbocycles. The van der Waals surface area contributed by atoms with E-state index in [0.29, 0.717) is 11.6 Å². The molecule has 13 heavy (non-hydrogen) atoms. The highest BCUT2D eigenvalue weighted by Gasteiger charge is 2.11. The number of esters is 1. The van der Waals surface area contributed by atoms with Crippen molar-refractivity contribution in [2.75, 3.05) is 6.61 Å². The van der Waals surface area contributed by atoms with Crippen molar-refractivity contribution in [2.24, 2.45) is 0 Å². The predicted molar refractivity (Wildman–Crippen MR) is 49.8 cm³/mol. The smallest absolute Gasteiger partial charge is 0.358 e. The Bertz CT molecular complexity index is 301. The molecule has 0 radical (unpaired) electrons. The molecule has 0 fully saturated rings. The van der Waals surface area contributed by atoms with Crippen LogP contribution in [0.1, 0.15) is 23.8 Å². The van der Waals surface area contributed by atoms with E-state index < -0.39 is 5.97 Å². The van der Waals surface area contributed by atoms with E-state index in [-0.39, 0.29) is 5.69 Å². The molecule has 0 unspecified atom stereocenters. The Balaban J connectivity index is 2.71. The summed E-state index contributed by atoms with van der Waals surface area (Å²) in [5.41, 5.74) is 0.178. The molecule has 1 rings (SSSR count). The minimum atomic E-state index is -0.465. The van der Waals surface area contributed by atoms with Crippen LogP contribution in [-0.4, -0.2) is 17.6 Å². The maximum Gasteiger partial charge on any atom is 0.358 e. The van der Waals surface area contributed by atoms with Gasteiger partial charge in [0.2, 0.25) is 0 Å². The lowest BCUT2D eigenvalue weighted by Crippen LogP contribution is -2.08. The van der Waals surface area contributed by atoms with Crippen LogP contribution in [0.15, 0.2) is 18.3 Å². The van der Waals surface area contributed by atoms with Crippen molar-refractivity contribution in [3.63, 3.8) is 0 Å². The molecule has 1 aromatic rings. The maximum absolute atomic E-state index is 11.3. The number of hydrogen-bond acceptors (Lipinski definition) is 3. The first-order valence-electron chi connectivity index (χ1n) is 4.03. The van der Waals surface area contributed by atoms with E-state index in [1.54, 1.807) is 12.1 Å². The summed E-state index contributed by atoms with van der Waals surface area (Å²) in [6.45, 7) is 2.32. The van der Waals surface area contributed by atoms with Gasteiger partial charge < -0.3 is 4.74 Å². The fraction of sp³-hybridized carbons (Fsp3) is 0.333. The average Bonchev–Trinajstić information content (AvgIpc) is 2.15. The highest BCUT2D eigenvalue weighted by atomic mass is 35.5. The fourth-order valence-electron chi connectivity index (χ4n) is 0.799. The van der Waals surface area contributed by atoms with Gasteiger partial charge in [-0.05, 0) is 18.6 Å². The molecular formula is C9H10ClNO2. The molecule has 0 amide bonds. The third-order valence-corrected chi connectivity index (χ3v) is 1.69. The van der Waals surface area contributed by atoms with Crippen LogP contribution in [-0.2, 0) is 4.74 Å². The van der Waals surface area contributed by atoms with Gasteiger partial charge in [-0.1, -0.05) is 18.5 Å².